The van der Waals surface area contributed by atoms with Gasteiger partial charge in [-0.25, -0.2) is 9.59 Å². The number of amides is 2. The zero-order chi connectivity index (χ0) is 29.1. The van der Waals surface area contributed by atoms with Gasteiger partial charge >= 0.3 is 18.2 Å². The number of fused-ring (bicyclic) bond motifs is 5. The molecular weight excluding hydrogens is 520 g/mol. The average Bonchev–Trinajstić information content (AvgIpc) is 3.39. The molecule has 2 aromatic carbocycles. The first-order valence-corrected chi connectivity index (χ1v) is 14.9. The van der Waals surface area contributed by atoms with Crippen LogP contribution in [0.15, 0.2) is 48.5 Å². The van der Waals surface area contributed by atoms with Gasteiger partial charge in [0.05, 0.1) is 0 Å². The second-order valence-electron chi connectivity index (χ2n) is 12.7. The Kier molecular flexibility index (Phi) is 8.57. The summed E-state index contributed by atoms with van der Waals surface area (Å²) in [5.74, 6) is -0.516. The molecule has 2 aliphatic heterocycles. The Morgan fingerprint density at radius 3 is 2.07 bits per heavy atom. The van der Waals surface area contributed by atoms with E-state index < -0.39 is 17.7 Å². The number of ether oxygens (including phenoxy) is 2. The standard InChI is InChI=1S/C33H42N2O6/c1-33(2,3)41-32(39)35-23-14-15-24(35)20-22(19-23)16-18-34(17-8-13-30(36)37)31(38)40-21-29-27-11-6-4-9-25(27)26-10-5-7-12-28(26)29/h4-7,9-12,22-24,29H,8,13-21H2,1-3H3,(H,36,37). The molecule has 2 unspecified atom stereocenters. The smallest absolute Gasteiger partial charge is 0.410 e. The van der Waals surface area contributed by atoms with Gasteiger partial charge in [0.1, 0.15) is 12.2 Å². The largest absolute Gasteiger partial charge is 0.481 e. The van der Waals surface area contributed by atoms with Crippen LogP contribution in [0.1, 0.15) is 82.8 Å². The molecule has 5 rings (SSSR count). The van der Waals surface area contributed by atoms with Gasteiger partial charge in [0, 0.05) is 37.5 Å². The highest BCUT2D eigenvalue weighted by Crippen LogP contribution is 2.45. The molecule has 2 heterocycles. The number of hydrogen-bond donors (Lipinski definition) is 1. The van der Waals surface area contributed by atoms with Gasteiger partial charge in [-0.05, 0) is 87.5 Å². The Balaban J connectivity index is 1.20. The fourth-order valence-corrected chi connectivity index (χ4v) is 6.88. The third-order valence-electron chi connectivity index (χ3n) is 8.66. The normalized spacial score (nSPS) is 21.2. The molecular formula is C33H42N2O6. The monoisotopic (exact) mass is 562 g/mol. The number of aliphatic carboxylic acids is 1. The maximum absolute atomic E-state index is 13.4. The molecule has 2 fully saturated rings. The van der Waals surface area contributed by atoms with Crippen molar-refractivity contribution in [1.29, 1.82) is 0 Å². The second-order valence-corrected chi connectivity index (χ2v) is 12.7. The summed E-state index contributed by atoms with van der Waals surface area (Å²) in [4.78, 5) is 41.0. The predicted octanol–water partition coefficient (Wildman–Crippen LogP) is 6.67. The van der Waals surface area contributed by atoms with E-state index in [0.29, 0.717) is 25.4 Å². The lowest BCUT2D eigenvalue weighted by Gasteiger charge is -2.40. The van der Waals surface area contributed by atoms with Crippen molar-refractivity contribution in [3.63, 3.8) is 0 Å². The van der Waals surface area contributed by atoms with Gasteiger partial charge in [-0.1, -0.05) is 48.5 Å². The van der Waals surface area contributed by atoms with E-state index in [-0.39, 0.29) is 37.1 Å². The summed E-state index contributed by atoms with van der Waals surface area (Å²) < 4.78 is 11.6. The number of carbonyl (C=O) groups is 3. The topological polar surface area (TPSA) is 96.4 Å². The van der Waals surface area contributed by atoms with Gasteiger partial charge in [0.25, 0.3) is 0 Å². The van der Waals surface area contributed by atoms with Crippen LogP contribution < -0.4 is 0 Å². The van der Waals surface area contributed by atoms with Crippen LogP contribution in [0.5, 0.6) is 0 Å². The van der Waals surface area contributed by atoms with Gasteiger partial charge in [-0.15, -0.1) is 0 Å². The molecule has 8 nitrogen and oxygen atoms in total. The van der Waals surface area contributed by atoms with Crippen molar-refractivity contribution in [3.8, 4) is 11.1 Å². The minimum Gasteiger partial charge on any atom is -0.481 e. The fraction of sp³-hybridized carbons (Fsp3) is 0.545. The molecule has 2 amide bonds. The third kappa shape index (κ3) is 6.68. The Morgan fingerprint density at radius 2 is 1.51 bits per heavy atom. The highest BCUT2D eigenvalue weighted by atomic mass is 16.6. The minimum absolute atomic E-state index is 0.00554. The molecule has 220 valence electrons. The van der Waals surface area contributed by atoms with Gasteiger partial charge in [0.15, 0.2) is 0 Å². The van der Waals surface area contributed by atoms with Crippen LogP contribution in [0.2, 0.25) is 0 Å². The lowest BCUT2D eigenvalue weighted by atomic mass is 9.88. The lowest BCUT2D eigenvalue weighted by molar-refractivity contribution is -0.137. The van der Waals surface area contributed by atoms with Crippen molar-refractivity contribution in [2.24, 2.45) is 5.92 Å². The highest BCUT2D eigenvalue weighted by Gasteiger charge is 2.44. The third-order valence-corrected chi connectivity index (χ3v) is 8.66. The first-order valence-electron chi connectivity index (χ1n) is 14.9. The fourth-order valence-electron chi connectivity index (χ4n) is 6.88. The summed E-state index contributed by atoms with van der Waals surface area (Å²) in [6.45, 7) is 6.76. The van der Waals surface area contributed by atoms with Crippen LogP contribution >= 0.6 is 0 Å². The number of carboxylic acids is 1. The Hall–Kier alpha value is -3.55. The SMILES string of the molecule is CC(C)(C)OC(=O)N1C2CCC1CC(CCN(CCCC(=O)O)C(=O)OCC1c3ccccc3-c3ccccc31)C2. The minimum atomic E-state index is -0.872. The van der Waals surface area contributed by atoms with E-state index in [1.807, 2.05) is 49.9 Å². The Bertz CT molecular complexity index is 1210. The van der Waals surface area contributed by atoms with Gasteiger partial charge in [-0.2, -0.15) is 0 Å². The van der Waals surface area contributed by atoms with Gasteiger partial charge in [-0.3, -0.25) is 4.79 Å². The maximum atomic E-state index is 13.4. The van der Waals surface area contributed by atoms with Crippen LogP contribution in [0.3, 0.4) is 0 Å². The van der Waals surface area contributed by atoms with Crippen molar-refractivity contribution < 1.29 is 29.0 Å². The molecule has 2 bridgehead atoms. The molecule has 2 saturated heterocycles. The van der Waals surface area contributed by atoms with Gasteiger partial charge in [0.2, 0.25) is 0 Å². The van der Waals surface area contributed by atoms with Crippen molar-refractivity contribution >= 4 is 18.2 Å². The van der Waals surface area contributed by atoms with Crippen molar-refractivity contribution in [2.75, 3.05) is 19.7 Å². The van der Waals surface area contributed by atoms with Crippen LogP contribution in [0.4, 0.5) is 9.59 Å². The number of nitrogens with zero attached hydrogens (tertiary/aromatic N) is 2. The molecule has 2 atom stereocenters. The van der Waals surface area contributed by atoms with E-state index >= 15 is 0 Å². The quantitative estimate of drug-likeness (QED) is 0.367. The molecule has 8 heteroatoms. The van der Waals surface area contributed by atoms with Crippen LogP contribution in [-0.2, 0) is 14.3 Å². The summed E-state index contributed by atoms with van der Waals surface area (Å²) in [5, 5.41) is 9.16. The molecule has 2 aromatic rings. The molecule has 1 N–H and O–H groups in total. The average molecular weight is 563 g/mol. The number of hydrogen-bond acceptors (Lipinski definition) is 5. The number of carbonyl (C=O) groups excluding carboxylic acids is 2. The van der Waals surface area contributed by atoms with E-state index in [1.165, 1.54) is 11.1 Å². The van der Waals surface area contributed by atoms with Crippen LogP contribution in [0.25, 0.3) is 11.1 Å². The Morgan fingerprint density at radius 1 is 0.927 bits per heavy atom. The zero-order valence-corrected chi connectivity index (χ0v) is 24.4. The van der Waals surface area contributed by atoms with Crippen molar-refractivity contribution in [3.05, 3.63) is 59.7 Å². The van der Waals surface area contributed by atoms with E-state index in [9.17, 15) is 14.4 Å². The number of carboxylic acid groups (broad SMARTS) is 1. The highest BCUT2D eigenvalue weighted by molar-refractivity contribution is 5.79. The van der Waals surface area contributed by atoms with Crippen LogP contribution in [-0.4, -0.2) is 70.4 Å². The van der Waals surface area contributed by atoms with E-state index in [2.05, 4.69) is 24.3 Å². The first kappa shape index (κ1) is 29.0. The Labute approximate surface area is 242 Å². The lowest BCUT2D eigenvalue weighted by Crippen LogP contribution is -2.49. The van der Waals surface area contributed by atoms with Gasteiger partial charge < -0.3 is 24.4 Å². The number of benzene rings is 2. The molecule has 3 aliphatic rings. The molecule has 0 aromatic heterocycles. The summed E-state index contributed by atoms with van der Waals surface area (Å²) in [6, 6.07) is 16.8. The second kappa shape index (κ2) is 12.1. The molecule has 0 spiro atoms. The number of rotatable bonds is 9. The summed E-state index contributed by atoms with van der Waals surface area (Å²) in [7, 11) is 0. The number of piperidine rings is 1. The van der Waals surface area contributed by atoms with Crippen molar-refractivity contribution in [2.45, 2.75) is 89.3 Å². The van der Waals surface area contributed by atoms with E-state index in [4.69, 9.17) is 14.6 Å². The van der Waals surface area contributed by atoms with Crippen LogP contribution in [0, 0.1) is 5.92 Å². The molecule has 41 heavy (non-hydrogen) atoms. The first-order chi connectivity index (χ1) is 19.6. The summed E-state index contributed by atoms with van der Waals surface area (Å²) in [5.41, 5.74) is 4.15. The molecule has 0 radical (unpaired) electrons. The predicted molar refractivity (Wildman–Crippen MR) is 156 cm³/mol. The van der Waals surface area contributed by atoms with E-state index in [0.717, 1.165) is 43.2 Å². The molecule has 0 saturated carbocycles. The summed E-state index contributed by atoms with van der Waals surface area (Å²) in [6.07, 6.45) is 4.31. The maximum Gasteiger partial charge on any atom is 0.410 e. The summed E-state index contributed by atoms with van der Waals surface area (Å²) >= 11 is 0. The zero-order valence-electron chi connectivity index (χ0n) is 24.4. The van der Waals surface area contributed by atoms with Crippen molar-refractivity contribution in [1.82, 2.24) is 9.80 Å². The van der Waals surface area contributed by atoms with E-state index in [1.54, 1.807) is 4.90 Å². The molecule has 1 aliphatic carbocycles.